The van der Waals surface area contributed by atoms with E-state index in [1.807, 2.05) is 49.3 Å². The number of fused-ring (bicyclic) bond motifs is 3. The molecule has 0 aliphatic rings. The highest BCUT2D eigenvalue weighted by atomic mass is 16.5. The van der Waals surface area contributed by atoms with Crippen molar-refractivity contribution in [2.24, 2.45) is 7.05 Å². The number of aryl methyl sites for hydroxylation is 2. The molecule has 4 rings (SSSR count). The second-order valence-corrected chi connectivity index (χ2v) is 8.70. The lowest BCUT2D eigenvalue weighted by molar-refractivity contribution is 0.0603. The molecule has 0 N–H and O–H groups in total. The number of nitrogens with zero attached hydrogens (tertiary/aromatic N) is 3. The van der Waals surface area contributed by atoms with Crippen molar-refractivity contribution in [2.45, 2.75) is 26.3 Å². The van der Waals surface area contributed by atoms with Gasteiger partial charge >= 0.3 is 5.97 Å². The largest absolute Gasteiger partial charge is 0.465 e. The topological polar surface area (TPSA) is 56.5 Å². The zero-order chi connectivity index (χ0) is 24.4. The van der Waals surface area contributed by atoms with Crippen LogP contribution in [0.4, 0.5) is 5.82 Å². The van der Waals surface area contributed by atoms with Crippen LogP contribution < -0.4 is 10.5 Å². The number of rotatable bonds is 7. The lowest BCUT2D eigenvalue weighted by Gasteiger charge is -2.19. The monoisotopic (exact) mass is 457 g/mol. The summed E-state index contributed by atoms with van der Waals surface area (Å²) in [6.45, 7) is 2.83. The molecule has 0 saturated heterocycles. The highest BCUT2D eigenvalue weighted by molar-refractivity contribution is 6.16. The van der Waals surface area contributed by atoms with Crippen molar-refractivity contribution in [1.29, 1.82) is 0 Å². The molecular weight excluding hydrogens is 426 g/mol. The fraction of sp³-hybridized carbons (Fsp3) is 0.286. The van der Waals surface area contributed by atoms with E-state index >= 15 is 0 Å². The van der Waals surface area contributed by atoms with Crippen LogP contribution in [0.15, 0.2) is 53.3 Å². The molecular formula is C28H31N3O3. The van der Waals surface area contributed by atoms with Crippen LogP contribution in [0.5, 0.6) is 0 Å². The van der Waals surface area contributed by atoms with E-state index in [1.165, 1.54) is 7.11 Å². The Morgan fingerprint density at radius 3 is 2.41 bits per heavy atom. The molecule has 2 aromatic heterocycles. The number of hydrogen-bond donors (Lipinski definition) is 0. The minimum atomic E-state index is -0.500. The number of methoxy groups -OCH3 is 1. The number of ether oxygens (including phenoxy) is 1. The number of benzene rings is 2. The molecule has 0 saturated carbocycles. The molecule has 6 heteroatoms. The van der Waals surface area contributed by atoms with E-state index in [-0.39, 0.29) is 5.56 Å². The zero-order valence-electron chi connectivity index (χ0n) is 20.5. The van der Waals surface area contributed by atoms with Crippen LogP contribution in [0.1, 0.15) is 41.3 Å². The summed E-state index contributed by atoms with van der Waals surface area (Å²) < 4.78 is 8.87. The molecule has 0 bridgehead atoms. The highest BCUT2D eigenvalue weighted by Crippen LogP contribution is 2.36. The maximum Gasteiger partial charge on any atom is 0.342 e. The van der Waals surface area contributed by atoms with Gasteiger partial charge in [-0.05, 0) is 29.7 Å². The zero-order valence-corrected chi connectivity index (χ0v) is 20.5. The van der Waals surface area contributed by atoms with E-state index in [9.17, 15) is 9.59 Å². The summed E-state index contributed by atoms with van der Waals surface area (Å²) in [6.07, 6.45) is 6.06. The van der Waals surface area contributed by atoms with E-state index < -0.39 is 5.97 Å². The first kappa shape index (κ1) is 23.4. The number of hydrogen-bond acceptors (Lipinski definition) is 4. The van der Waals surface area contributed by atoms with Gasteiger partial charge in [-0.2, -0.15) is 0 Å². The normalized spacial score (nSPS) is 11.6. The first-order valence-corrected chi connectivity index (χ1v) is 11.6. The highest BCUT2D eigenvalue weighted by Gasteiger charge is 2.29. The average molecular weight is 458 g/mol. The molecule has 176 valence electrons. The summed E-state index contributed by atoms with van der Waals surface area (Å²) in [7, 11) is 6.89. The Balaban J connectivity index is 2.09. The van der Waals surface area contributed by atoms with Crippen molar-refractivity contribution in [1.82, 2.24) is 9.13 Å². The predicted molar refractivity (Wildman–Crippen MR) is 141 cm³/mol. The van der Waals surface area contributed by atoms with E-state index in [2.05, 4.69) is 41.8 Å². The van der Waals surface area contributed by atoms with Crippen LogP contribution in [0, 0.1) is 0 Å². The van der Waals surface area contributed by atoms with E-state index in [0.29, 0.717) is 23.3 Å². The van der Waals surface area contributed by atoms with Crippen molar-refractivity contribution in [2.75, 3.05) is 26.1 Å². The smallest absolute Gasteiger partial charge is 0.342 e. The van der Waals surface area contributed by atoms with Gasteiger partial charge in [0.2, 0.25) is 0 Å². The molecule has 0 radical (unpaired) electrons. The van der Waals surface area contributed by atoms with Crippen molar-refractivity contribution in [3.8, 4) is 0 Å². The number of esters is 1. The SMILES string of the molecule is CCCCn1c(N(C)C)c(C(=O)OC)c2c(=O)n(C)c3ccc(C=Cc4ccccc4)cc3c21. The third kappa shape index (κ3) is 4.00. The Morgan fingerprint density at radius 1 is 1.06 bits per heavy atom. The van der Waals surface area contributed by atoms with Gasteiger partial charge in [-0.3, -0.25) is 4.79 Å². The van der Waals surface area contributed by atoms with Crippen LogP contribution in [-0.2, 0) is 18.3 Å². The number of aromatic nitrogens is 2. The molecule has 0 aliphatic carbocycles. The van der Waals surface area contributed by atoms with E-state index in [0.717, 1.165) is 40.4 Å². The van der Waals surface area contributed by atoms with E-state index in [4.69, 9.17) is 4.74 Å². The number of anilines is 1. The van der Waals surface area contributed by atoms with Crippen LogP contribution in [0.2, 0.25) is 0 Å². The maximum atomic E-state index is 13.6. The maximum absolute atomic E-state index is 13.6. The minimum Gasteiger partial charge on any atom is -0.465 e. The molecule has 0 unspecified atom stereocenters. The Hall–Kier alpha value is -3.80. The van der Waals surface area contributed by atoms with Crippen molar-refractivity contribution < 1.29 is 9.53 Å². The van der Waals surface area contributed by atoms with Crippen molar-refractivity contribution in [3.05, 3.63) is 75.6 Å². The summed E-state index contributed by atoms with van der Waals surface area (Å²) in [4.78, 5) is 28.4. The summed E-state index contributed by atoms with van der Waals surface area (Å²) in [6, 6.07) is 16.2. The first-order chi connectivity index (χ1) is 16.4. The van der Waals surface area contributed by atoms with Gasteiger partial charge in [0.1, 0.15) is 11.4 Å². The third-order valence-corrected chi connectivity index (χ3v) is 6.21. The molecule has 0 fully saturated rings. The predicted octanol–water partition coefficient (Wildman–Crippen LogP) is 5.32. The molecule has 2 heterocycles. The third-order valence-electron chi connectivity index (χ3n) is 6.21. The van der Waals surface area contributed by atoms with Crippen LogP contribution in [0.3, 0.4) is 0 Å². The lowest BCUT2D eigenvalue weighted by atomic mass is 10.1. The Bertz CT molecular complexity index is 1440. The summed E-state index contributed by atoms with van der Waals surface area (Å²) in [5, 5.41) is 1.34. The number of carbonyl (C=O) groups is 1. The van der Waals surface area contributed by atoms with Gasteiger partial charge in [0.05, 0.1) is 23.5 Å². The van der Waals surface area contributed by atoms with Crippen LogP contribution in [0.25, 0.3) is 34.0 Å². The standard InChI is InChI=1S/C28H31N3O3/c1-6-7-17-31-25-21-18-20(14-13-19-11-9-8-10-12-19)15-16-22(21)30(4)27(32)23(25)24(28(33)34-5)26(31)29(2)3/h8-16,18H,6-7,17H2,1-5H3. The van der Waals surface area contributed by atoms with Crippen molar-refractivity contribution >= 4 is 45.7 Å². The quantitative estimate of drug-likeness (QED) is 0.279. The number of carbonyl (C=O) groups excluding carboxylic acids is 1. The summed E-state index contributed by atoms with van der Waals surface area (Å²) in [5.74, 6) is 0.200. The van der Waals surface area contributed by atoms with Crippen LogP contribution >= 0.6 is 0 Å². The van der Waals surface area contributed by atoms with E-state index in [1.54, 1.807) is 11.6 Å². The fourth-order valence-electron chi connectivity index (χ4n) is 4.56. The fourth-order valence-corrected chi connectivity index (χ4v) is 4.56. The molecule has 0 atom stereocenters. The van der Waals surface area contributed by atoms with Gasteiger partial charge in [0, 0.05) is 33.1 Å². The Kier molecular flexibility index (Phi) is 6.59. The Labute approximate surface area is 199 Å². The lowest BCUT2D eigenvalue weighted by Crippen LogP contribution is -2.20. The summed E-state index contributed by atoms with van der Waals surface area (Å²) >= 11 is 0. The molecule has 0 aliphatic heterocycles. The van der Waals surface area contributed by atoms with Crippen LogP contribution in [-0.4, -0.2) is 36.3 Å². The number of unbranched alkanes of at least 4 members (excludes halogenated alkanes) is 1. The van der Waals surface area contributed by atoms with Crippen molar-refractivity contribution in [3.63, 3.8) is 0 Å². The van der Waals surface area contributed by atoms with Gasteiger partial charge in [0.25, 0.3) is 5.56 Å². The average Bonchev–Trinajstić information content (AvgIpc) is 3.20. The molecule has 4 aromatic rings. The number of pyridine rings is 1. The van der Waals surface area contributed by atoms with Gasteiger partial charge in [-0.1, -0.05) is 61.9 Å². The minimum absolute atomic E-state index is 0.200. The van der Waals surface area contributed by atoms with Gasteiger partial charge in [-0.15, -0.1) is 0 Å². The molecule has 6 nitrogen and oxygen atoms in total. The second kappa shape index (κ2) is 9.59. The summed E-state index contributed by atoms with van der Waals surface area (Å²) in [5.41, 5.74) is 3.87. The van der Waals surface area contributed by atoms with Gasteiger partial charge < -0.3 is 18.8 Å². The first-order valence-electron chi connectivity index (χ1n) is 11.6. The molecule has 34 heavy (non-hydrogen) atoms. The molecule has 0 amide bonds. The van der Waals surface area contributed by atoms with Gasteiger partial charge in [0.15, 0.2) is 0 Å². The molecule has 0 spiro atoms. The molecule has 2 aromatic carbocycles. The van der Waals surface area contributed by atoms with Gasteiger partial charge in [-0.25, -0.2) is 4.79 Å². The Morgan fingerprint density at radius 2 is 1.76 bits per heavy atom. The second-order valence-electron chi connectivity index (χ2n) is 8.70.